The largest absolute Gasteiger partial charge is 0.481 e. The van der Waals surface area contributed by atoms with Crippen molar-refractivity contribution in [1.82, 2.24) is 24.7 Å². The summed E-state index contributed by atoms with van der Waals surface area (Å²) in [6.07, 6.45) is -3.70. The lowest BCUT2D eigenvalue weighted by Crippen LogP contribution is -2.37. The third-order valence-electron chi connectivity index (χ3n) is 7.70. The fourth-order valence-electron chi connectivity index (χ4n) is 4.98. The lowest BCUT2D eigenvalue weighted by atomic mass is 9.90. The monoisotopic (exact) mass is 679 g/mol. The van der Waals surface area contributed by atoms with E-state index in [1.54, 1.807) is 27.7 Å². The van der Waals surface area contributed by atoms with E-state index in [0.717, 1.165) is 23.5 Å². The summed E-state index contributed by atoms with van der Waals surface area (Å²) < 4.78 is 107. The highest BCUT2D eigenvalue weighted by Crippen LogP contribution is 2.45. The van der Waals surface area contributed by atoms with E-state index in [9.17, 15) is 35.9 Å². The first kappa shape index (κ1) is 34.8. The Morgan fingerprint density at radius 2 is 1.91 bits per heavy atom. The Balaban J connectivity index is 1.86. The van der Waals surface area contributed by atoms with Gasteiger partial charge in [-0.25, -0.2) is 40.1 Å². The van der Waals surface area contributed by atoms with E-state index in [1.165, 1.54) is 18.7 Å². The van der Waals surface area contributed by atoms with Crippen LogP contribution in [0.15, 0.2) is 21.6 Å². The van der Waals surface area contributed by atoms with Crippen molar-refractivity contribution in [3.63, 3.8) is 0 Å². The number of thiazole rings is 1. The number of rotatable bonds is 12. The van der Waals surface area contributed by atoms with Crippen LogP contribution in [0.25, 0.3) is 21.3 Å². The van der Waals surface area contributed by atoms with Crippen LogP contribution in [0, 0.1) is 11.2 Å². The fourth-order valence-corrected chi connectivity index (χ4v) is 7.44. The van der Waals surface area contributed by atoms with Crippen molar-refractivity contribution in [2.24, 2.45) is 5.41 Å². The minimum atomic E-state index is -4.51. The molecule has 0 amide bonds. The molecule has 0 unspecified atom stereocenters. The molecule has 1 atom stereocenters. The zero-order valence-corrected chi connectivity index (χ0v) is 27.1. The number of aliphatic carboxylic acids is 1. The molecule has 1 fully saturated rings. The highest BCUT2D eigenvalue weighted by atomic mass is 32.2. The smallest absolute Gasteiger partial charge is 0.309 e. The Hall–Kier alpha value is -3.02. The number of likely N-dealkylation sites (tertiary alicyclic amines) is 1. The van der Waals surface area contributed by atoms with Crippen LogP contribution in [0.3, 0.4) is 0 Å². The molecule has 4 rings (SSSR count). The predicted octanol–water partition coefficient (Wildman–Crippen LogP) is 6.29. The summed E-state index contributed by atoms with van der Waals surface area (Å²) in [7, 11) is -4.51. The first-order chi connectivity index (χ1) is 20.7. The number of hydrogen-bond acceptors (Lipinski definition) is 9. The summed E-state index contributed by atoms with van der Waals surface area (Å²) in [6.45, 7) is 8.46. The molecule has 2 aromatic heterocycles. The van der Waals surface area contributed by atoms with Crippen molar-refractivity contribution < 1.29 is 44.8 Å². The van der Waals surface area contributed by atoms with Gasteiger partial charge >= 0.3 is 5.97 Å². The molecule has 0 aliphatic carbocycles. The average molecular weight is 680 g/mol. The number of nitrogens with zero attached hydrogens (tertiary/aromatic N) is 4. The van der Waals surface area contributed by atoms with Crippen LogP contribution < -0.4 is 4.72 Å². The highest BCUT2D eigenvalue weighted by molar-refractivity contribution is 7.89. The first-order valence-corrected chi connectivity index (χ1v) is 16.3. The van der Waals surface area contributed by atoms with E-state index in [4.69, 9.17) is 4.52 Å². The molecular weight excluding hydrogens is 645 g/mol. The van der Waals surface area contributed by atoms with Crippen LogP contribution in [-0.4, -0.2) is 63.6 Å². The summed E-state index contributed by atoms with van der Waals surface area (Å²) in [5.41, 5.74) is -3.80. The molecule has 2 N–H and O–H groups in total. The molecule has 3 heterocycles. The van der Waals surface area contributed by atoms with Gasteiger partial charge in [0, 0.05) is 36.5 Å². The first-order valence-electron chi connectivity index (χ1n) is 14.0. The maximum absolute atomic E-state index is 15.7. The van der Waals surface area contributed by atoms with Crippen LogP contribution in [-0.2, 0) is 27.8 Å². The third kappa shape index (κ3) is 7.36. The average Bonchev–Trinajstić information content (AvgIpc) is 3.58. The lowest BCUT2D eigenvalue weighted by Gasteiger charge is -2.30. The molecular formula is C28H34F5N5O5S2. The molecule has 0 bridgehead atoms. The number of sulfonamides is 1. The Morgan fingerprint density at radius 3 is 2.47 bits per heavy atom. The molecule has 0 saturated carbocycles. The van der Waals surface area contributed by atoms with E-state index in [1.807, 2.05) is 0 Å². The molecule has 1 aliphatic heterocycles. The Bertz CT molecular complexity index is 1690. The van der Waals surface area contributed by atoms with Crippen molar-refractivity contribution in [3.05, 3.63) is 35.1 Å². The van der Waals surface area contributed by atoms with Gasteiger partial charge < -0.3 is 9.63 Å². The number of carboxylic acids is 1. The van der Waals surface area contributed by atoms with Gasteiger partial charge in [-0.05, 0) is 47.1 Å². The van der Waals surface area contributed by atoms with Gasteiger partial charge in [0.2, 0.25) is 21.7 Å². The van der Waals surface area contributed by atoms with Gasteiger partial charge in [0.15, 0.2) is 10.8 Å². The van der Waals surface area contributed by atoms with E-state index in [2.05, 4.69) is 19.8 Å². The summed E-state index contributed by atoms with van der Waals surface area (Å²) in [5, 5.41) is 13.3. The number of alkyl halides is 4. The van der Waals surface area contributed by atoms with Crippen LogP contribution in [0.4, 0.5) is 22.0 Å². The third-order valence-corrected chi connectivity index (χ3v) is 10.4. The number of halogens is 5. The second-order valence-corrected chi connectivity index (χ2v) is 15.1. The van der Waals surface area contributed by atoms with Gasteiger partial charge in [-0.2, -0.15) is 4.98 Å². The molecule has 1 aliphatic rings. The molecule has 10 nitrogen and oxygen atoms in total. The minimum Gasteiger partial charge on any atom is -0.481 e. The summed E-state index contributed by atoms with van der Waals surface area (Å²) in [5.74, 6) is -5.95. The number of aromatic nitrogens is 3. The number of hydrogen-bond donors (Lipinski definition) is 2. The van der Waals surface area contributed by atoms with Gasteiger partial charge in [0.1, 0.15) is 4.90 Å². The SMILES string of the molecule is CC[C@@H](C)NS(=O)(=O)c1ccc(-c2sc(-c3noc(CC(C)(C)C(=O)O)n3)nc2CN2CC(F)(F)CC2(C)C)c(C(F)F)c1F. The maximum atomic E-state index is 15.7. The Morgan fingerprint density at radius 1 is 1.24 bits per heavy atom. The zero-order chi connectivity index (χ0) is 33.7. The number of nitrogens with one attached hydrogen (secondary N) is 1. The molecule has 0 spiro atoms. The molecule has 45 heavy (non-hydrogen) atoms. The van der Waals surface area contributed by atoms with Gasteiger partial charge in [0.25, 0.3) is 12.3 Å². The summed E-state index contributed by atoms with van der Waals surface area (Å²) >= 11 is 0.763. The molecule has 17 heteroatoms. The van der Waals surface area contributed by atoms with E-state index < -0.39 is 74.6 Å². The van der Waals surface area contributed by atoms with E-state index >= 15 is 4.39 Å². The fraction of sp³-hybridized carbons (Fsp3) is 0.571. The summed E-state index contributed by atoms with van der Waals surface area (Å²) in [6, 6.07) is 1.32. The zero-order valence-electron chi connectivity index (χ0n) is 25.4. The van der Waals surface area contributed by atoms with E-state index in [0.29, 0.717) is 6.42 Å². The second kappa shape index (κ2) is 12.3. The molecule has 0 radical (unpaired) electrons. The van der Waals surface area contributed by atoms with Gasteiger partial charge in [-0.3, -0.25) is 9.69 Å². The molecule has 3 aromatic rings. The highest BCUT2D eigenvalue weighted by Gasteiger charge is 2.50. The van der Waals surface area contributed by atoms with Crippen molar-refractivity contribution in [2.45, 2.75) is 96.2 Å². The van der Waals surface area contributed by atoms with Gasteiger partial charge in [-0.15, -0.1) is 11.3 Å². The maximum Gasteiger partial charge on any atom is 0.309 e. The summed E-state index contributed by atoms with van der Waals surface area (Å²) in [4.78, 5) is 20.7. The lowest BCUT2D eigenvalue weighted by molar-refractivity contribution is -0.147. The minimum absolute atomic E-state index is 0.0163. The van der Waals surface area contributed by atoms with Crippen LogP contribution in [0.1, 0.15) is 78.0 Å². The van der Waals surface area contributed by atoms with Crippen molar-refractivity contribution in [1.29, 1.82) is 0 Å². The van der Waals surface area contributed by atoms with Crippen molar-refractivity contribution >= 4 is 27.3 Å². The van der Waals surface area contributed by atoms with Crippen LogP contribution >= 0.6 is 11.3 Å². The Labute approximate surface area is 261 Å². The van der Waals surface area contributed by atoms with Crippen molar-refractivity contribution in [3.8, 4) is 21.3 Å². The molecule has 1 aromatic carbocycles. The quantitative estimate of drug-likeness (QED) is 0.212. The number of carbonyl (C=O) groups is 1. The second-order valence-electron chi connectivity index (χ2n) is 12.4. The number of carboxylic acid groups (broad SMARTS) is 1. The van der Waals surface area contributed by atoms with Crippen LogP contribution in [0.2, 0.25) is 0 Å². The van der Waals surface area contributed by atoms with Crippen LogP contribution in [0.5, 0.6) is 0 Å². The van der Waals surface area contributed by atoms with Crippen molar-refractivity contribution in [2.75, 3.05) is 6.54 Å². The standard InChI is InChI=1S/C28H34F5N5O5S2/c1-7-14(2)37-45(41,42)17-9-8-15(19(20(17)29)22(30)31)21-16(11-38-13-28(32,33)12-27(38,5)6)34-24(44-21)23-35-18(43-36-23)10-26(3,4)25(39)40/h8-9,14,22,37H,7,10-13H2,1-6H3,(H,39,40)/t14-/m1/s1. The number of benzene rings is 1. The molecule has 248 valence electrons. The normalized spacial score (nSPS) is 17.7. The van der Waals surface area contributed by atoms with Gasteiger partial charge in [-0.1, -0.05) is 18.1 Å². The Kier molecular flexibility index (Phi) is 9.52. The van der Waals surface area contributed by atoms with Gasteiger partial charge in [0.05, 0.1) is 28.1 Å². The topological polar surface area (TPSA) is 139 Å². The molecule has 1 saturated heterocycles. The predicted molar refractivity (Wildman–Crippen MR) is 155 cm³/mol. The van der Waals surface area contributed by atoms with E-state index in [-0.39, 0.29) is 45.8 Å².